The number of carbonyl (C=O) groups is 1. The third-order valence-corrected chi connectivity index (χ3v) is 7.76. The van der Waals surface area contributed by atoms with E-state index in [2.05, 4.69) is 0 Å². The molecule has 2 aliphatic rings. The van der Waals surface area contributed by atoms with Crippen LogP contribution < -0.4 is 9.64 Å². The summed E-state index contributed by atoms with van der Waals surface area (Å²) in [7, 11) is -2.19. The third-order valence-electron chi connectivity index (χ3n) is 5.86. The lowest BCUT2D eigenvalue weighted by Gasteiger charge is -2.36. The molecule has 2 fully saturated rings. The standard InChI is InChI=1S/C22H26FN3O4S/c1-30-21-9-8-17(31(28,29)26-10-4-5-11-26)16-18(21)22(27)25-14-12-24(13-15-25)20-7-3-2-6-19(20)23/h2-3,6-9,16H,4-5,10-15H2,1H3. The molecule has 0 unspecified atom stereocenters. The quantitative estimate of drug-likeness (QED) is 0.705. The van der Waals surface area contributed by atoms with Gasteiger partial charge in [0.15, 0.2) is 0 Å². The van der Waals surface area contributed by atoms with Crippen LogP contribution in [0.15, 0.2) is 47.4 Å². The van der Waals surface area contributed by atoms with E-state index in [9.17, 15) is 17.6 Å². The molecule has 2 aliphatic heterocycles. The maximum Gasteiger partial charge on any atom is 0.257 e. The van der Waals surface area contributed by atoms with Gasteiger partial charge in [-0.25, -0.2) is 12.8 Å². The van der Waals surface area contributed by atoms with Gasteiger partial charge in [-0.1, -0.05) is 12.1 Å². The average molecular weight is 448 g/mol. The van der Waals surface area contributed by atoms with Crippen molar-refractivity contribution in [2.75, 3.05) is 51.3 Å². The second-order valence-electron chi connectivity index (χ2n) is 7.70. The summed E-state index contributed by atoms with van der Waals surface area (Å²) < 4.78 is 46.7. The van der Waals surface area contributed by atoms with Gasteiger partial charge in [-0.15, -0.1) is 0 Å². The van der Waals surface area contributed by atoms with Gasteiger partial charge in [0.25, 0.3) is 5.91 Å². The molecule has 31 heavy (non-hydrogen) atoms. The van der Waals surface area contributed by atoms with Crippen molar-refractivity contribution < 1.29 is 22.3 Å². The van der Waals surface area contributed by atoms with E-state index in [1.807, 2.05) is 4.90 Å². The Hall–Kier alpha value is -2.65. The summed E-state index contributed by atoms with van der Waals surface area (Å²) >= 11 is 0. The average Bonchev–Trinajstić information content (AvgIpc) is 3.35. The molecule has 1 amide bonds. The van der Waals surface area contributed by atoms with Crippen LogP contribution in [0.5, 0.6) is 5.75 Å². The predicted octanol–water partition coefficient (Wildman–Crippen LogP) is 2.58. The molecule has 0 aromatic heterocycles. The zero-order chi connectivity index (χ0) is 22.0. The van der Waals surface area contributed by atoms with Crippen molar-refractivity contribution in [2.24, 2.45) is 0 Å². The van der Waals surface area contributed by atoms with Gasteiger partial charge in [0, 0.05) is 39.3 Å². The molecule has 0 bridgehead atoms. The molecule has 2 aromatic carbocycles. The molecule has 2 aromatic rings. The Balaban J connectivity index is 1.54. The van der Waals surface area contributed by atoms with Crippen LogP contribution in [0.3, 0.4) is 0 Å². The Labute approximate surface area is 182 Å². The van der Waals surface area contributed by atoms with E-state index >= 15 is 0 Å². The van der Waals surface area contributed by atoms with E-state index in [4.69, 9.17) is 4.74 Å². The number of para-hydroxylation sites is 1. The lowest BCUT2D eigenvalue weighted by Crippen LogP contribution is -2.49. The van der Waals surface area contributed by atoms with Crippen LogP contribution in [0.25, 0.3) is 0 Å². The summed E-state index contributed by atoms with van der Waals surface area (Å²) in [5, 5.41) is 0. The molecule has 0 atom stereocenters. The molecule has 0 aliphatic carbocycles. The molecule has 2 saturated heterocycles. The Kier molecular flexibility index (Phi) is 6.15. The number of piperazine rings is 1. The fraction of sp³-hybridized carbons (Fsp3) is 0.409. The number of hydrogen-bond acceptors (Lipinski definition) is 5. The highest BCUT2D eigenvalue weighted by atomic mass is 32.2. The normalized spacial score (nSPS) is 17.7. The van der Waals surface area contributed by atoms with E-state index in [0.29, 0.717) is 50.7 Å². The topological polar surface area (TPSA) is 70.2 Å². The minimum Gasteiger partial charge on any atom is -0.496 e. The largest absolute Gasteiger partial charge is 0.496 e. The highest BCUT2D eigenvalue weighted by Crippen LogP contribution is 2.28. The third kappa shape index (κ3) is 4.24. The van der Waals surface area contributed by atoms with E-state index in [-0.39, 0.29) is 22.2 Å². The van der Waals surface area contributed by atoms with Gasteiger partial charge >= 0.3 is 0 Å². The number of amides is 1. The number of halogens is 1. The Bertz CT molecular complexity index is 1060. The smallest absolute Gasteiger partial charge is 0.257 e. The van der Waals surface area contributed by atoms with Gasteiger partial charge < -0.3 is 14.5 Å². The summed E-state index contributed by atoms with van der Waals surface area (Å²) in [6.07, 6.45) is 1.68. The first-order valence-corrected chi connectivity index (χ1v) is 11.8. The number of methoxy groups -OCH3 is 1. The Morgan fingerprint density at radius 1 is 0.968 bits per heavy atom. The first-order valence-electron chi connectivity index (χ1n) is 10.4. The highest BCUT2D eigenvalue weighted by Gasteiger charge is 2.30. The van der Waals surface area contributed by atoms with Crippen molar-refractivity contribution in [2.45, 2.75) is 17.7 Å². The van der Waals surface area contributed by atoms with E-state index < -0.39 is 10.0 Å². The van der Waals surface area contributed by atoms with Gasteiger partial charge in [-0.05, 0) is 43.2 Å². The SMILES string of the molecule is COc1ccc(S(=O)(=O)N2CCCC2)cc1C(=O)N1CCN(c2ccccc2F)CC1. The zero-order valence-electron chi connectivity index (χ0n) is 17.5. The molecule has 0 N–H and O–H groups in total. The van der Waals surface area contributed by atoms with E-state index in [1.54, 1.807) is 23.1 Å². The number of benzene rings is 2. The van der Waals surface area contributed by atoms with Crippen molar-refractivity contribution in [1.29, 1.82) is 0 Å². The van der Waals surface area contributed by atoms with Crippen LogP contribution in [0, 0.1) is 5.82 Å². The van der Waals surface area contributed by atoms with Crippen LogP contribution in [0.4, 0.5) is 10.1 Å². The van der Waals surface area contributed by atoms with Crippen LogP contribution in [-0.4, -0.2) is 69.9 Å². The van der Waals surface area contributed by atoms with Crippen molar-refractivity contribution in [3.05, 3.63) is 53.8 Å². The predicted molar refractivity (Wildman–Crippen MR) is 116 cm³/mol. The molecule has 0 spiro atoms. The lowest BCUT2D eigenvalue weighted by atomic mass is 10.1. The number of rotatable bonds is 5. The van der Waals surface area contributed by atoms with Gasteiger partial charge in [-0.3, -0.25) is 4.79 Å². The molecular formula is C22H26FN3O4S. The molecule has 0 radical (unpaired) electrons. The van der Waals surface area contributed by atoms with Crippen molar-refractivity contribution in [3.63, 3.8) is 0 Å². The fourth-order valence-electron chi connectivity index (χ4n) is 4.12. The number of nitrogens with zero attached hydrogens (tertiary/aromatic N) is 3. The van der Waals surface area contributed by atoms with E-state index in [1.165, 1.54) is 35.7 Å². The number of hydrogen-bond donors (Lipinski definition) is 0. The molecule has 7 nitrogen and oxygen atoms in total. The summed E-state index contributed by atoms with van der Waals surface area (Å²) in [6.45, 7) is 2.77. The second kappa shape index (κ2) is 8.84. The van der Waals surface area contributed by atoms with Gasteiger partial charge in [0.1, 0.15) is 11.6 Å². The molecule has 9 heteroatoms. The number of sulfonamides is 1. The molecule has 166 valence electrons. The molecule has 0 saturated carbocycles. The minimum atomic E-state index is -3.64. The van der Waals surface area contributed by atoms with Crippen LogP contribution in [-0.2, 0) is 10.0 Å². The molecular weight excluding hydrogens is 421 g/mol. The first-order chi connectivity index (χ1) is 14.9. The summed E-state index contributed by atoms with van der Waals surface area (Å²) in [6, 6.07) is 11.0. The summed E-state index contributed by atoms with van der Waals surface area (Å²) in [5.74, 6) is -0.242. The summed E-state index contributed by atoms with van der Waals surface area (Å²) in [5.41, 5.74) is 0.744. The van der Waals surface area contributed by atoms with Gasteiger partial charge in [0.05, 0.1) is 23.3 Å². The Morgan fingerprint density at radius 3 is 2.29 bits per heavy atom. The maximum absolute atomic E-state index is 14.1. The second-order valence-corrected chi connectivity index (χ2v) is 9.64. The minimum absolute atomic E-state index is 0.101. The highest BCUT2D eigenvalue weighted by molar-refractivity contribution is 7.89. The van der Waals surface area contributed by atoms with Crippen LogP contribution in [0.1, 0.15) is 23.2 Å². The van der Waals surface area contributed by atoms with Crippen molar-refractivity contribution >= 4 is 21.6 Å². The number of ether oxygens (including phenoxy) is 1. The summed E-state index contributed by atoms with van der Waals surface area (Å²) in [4.78, 5) is 16.9. The lowest BCUT2D eigenvalue weighted by molar-refractivity contribution is 0.0743. The van der Waals surface area contributed by atoms with Crippen LogP contribution >= 0.6 is 0 Å². The first kappa shape index (κ1) is 21.6. The van der Waals surface area contributed by atoms with Gasteiger partial charge in [0.2, 0.25) is 10.0 Å². The number of carbonyl (C=O) groups excluding carboxylic acids is 1. The fourth-order valence-corrected chi connectivity index (χ4v) is 5.67. The van der Waals surface area contributed by atoms with E-state index in [0.717, 1.165) is 12.8 Å². The van der Waals surface area contributed by atoms with Crippen LogP contribution in [0.2, 0.25) is 0 Å². The van der Waals surface area contributed by atoms with Gasteiger partial charge in [-0.2, -0.15) is 4.31 Å². The van der Waals surface area contributed by atoms with Crippen molar-refractivity contribution in [3.8, 4) is 5.75 Å². The van der Waals surface area contributed by atoms with Crippen molar-refractivity contribution in [1.82, 2.24) is 9.21 Å². The maximum atomic E-state index is 14.1. The Morgan fingerprint density at radius 2 is 1.65 bits per heavy atom. The zero-order valence-corrected chi connectivity index (χ0v) is 18.3. The molecule has 2 heterocycles. The molecule has 4 rings (SSSR count). The monoisotopic (exact) mass is 447 g/mol. The number of anilines is 1.